The van der Waals surface area contributed by atoms with Crippen molar-refractivity contribution < 1.29 is 14.7 Å². The molecule has 0 spiro atoms. The zero-order valence-electron chi connectivity index (χ0n) is 11.9. The maximum absolute atomic E-state index is 8.64. The van der Waals surface area contributed by atoms with E-state index in [-0.39, 0.29) is 0 Å². The largest absolute Gasteiger partial charge is 0.490 e. The Hall–Kier alpha value is -1.91. The average Bonchev–Trinajstić information content (AvgIpc) is 2.49. The summed E-state index contributed by atoms with van der Waals surface area (Å²) >= 11 is 11.8. The van der Waals surface area contributed by atoms with Crippen LogP contribution >= 0.6 is 23.2 Å². The maximum Gasteiger partial charge on any atom is 0.128 e. The van der Waals surface area contributed by atoms with E-state index in [1.807, 2.05) is 19.1 Å². The molecule has 2 rings (SSSR count). The monoisotopic (exact) mass is 339 g/mol. The van der Waals surface area contributed by atoms with Gasteiger partial charge >= 0.3 is 0 Å². The second-order valence-corrected chi connectivity index (χ2v) is 5.38. The van der Waals surface area contributed by atoms with E-state index in [0.29, 0.717) is 34.6 Å². The Kier molecular flexibility index (Phi) is 5.92. The van der Waals surface area contributed by atoms with Gasteiger partial charge in [0.25, 0.3) is 0 Å². The van der Waals surface area contributed by atoms with Crippen molar-refractivity contribution in [2.75, 3.05) is 13.2 Å². The molecule has 0 aliphatic rings. The van der Waals surface area contributed by atoms with Crippen molar-refractivity contribution in [3.05, 3.63) is 57.6 Å². The summed E-state index contributed by atoms with van der Waals surface area (Å²) in [6.07, 6.45) is 1.27. The van der Waals surface area contributed by atoms with Gasteiger partial charge in [0.05, 0.1) is 6.21 Å². The van der Waals surface area contributed by atoms with Crippen molar-refractivity contribution >= 4 is 29.4 Å². The van der Waals surface area contributed by atoms with E-state index in [4.69, 9.17) is 37.9 Å². The van der Waals surface area contributed by atoms with Crippen LogP contribution in [0.5, 0.6) is 11.5 Å². The van der Waals surface area contributed by atoms with Crippen molar-refractivity contribution in [3.8, 4) is 11.5 Å². The molecular formula is C16H15Cl2NO3. The Morgan fingerprint density at radius 1 is 1.09 bits per heavy atom. The van der Waals surface area contributed by atoms with Crippen LogP contribution in [0.4, 0.5) is 0 Å². The fraction of sp³-hybridized carbons (Fsp3) is 0.188. The molecule has 4 nitrogen and oxygen atoms in total. The van der Waals surface area contributed by atoms with Crippen LogP contribution in [0.25, 0.3) is 0 Å². The van der Waals surface area contributed by atoms with Gasteiger partial charge in [-0.1, -0.05) is 28.4 Å². The molecular weight excluding hydrogens is 325 g/mol. The Bertz CT molecular complexity index is 674. The number of halogens is 2. The van der Waals surface area contributed by atoms with Crippen LogP contribution in [0.1, 0.15) is 11.1 Å². The topological polar surface area (TPSA) is 51.0 Å². The molecule has 0 saturated heterocycles. The quantitative estimate of drug-likeness (QED) is 0.363. The number of aryl methyl sites for hydroxylation is 1. The van der Waals surface area contributed by atoms with Crippen molar-refractivity contribution in [2.24, 2.45) is 5.16 Å². The highest BCUT2D eigenvalue weighted by molar-refractivity contribution is 6.31. The molecule has 0 atom stereocenters. The maximum atomic E-state index is 8.64. The molecule has 2 aromatic rings. The highest BCUT2D eigenvalue weighted by Crippen LogP contribution is 2.22. The van der Waals surface area contributed by atoms with Crippen molar-refractivity contribution in [2.45, 2.75) is 6.92 Å². The molecule has 0 unspecified atom stereocenters. The van der Waals surface area contributed by atoms with Gasteiger partial charge in [-0.15, -0.1) is 0 Å². The van der Waals surface area contributed by atoms with Crippen LogP contribution in [0.15, 0.2) is 41.6 Å². The van der Waals surface area contributed by atoms with Crippen molar-refractivity contribution in [3.63, 3.8) is 0 Å². The summed E-state index contributed by atoms with van der Waals surface area (Å²) in [7, 11) is 0. The van der Waals surface area contributed by atoms with Crippen LogP contribution in [0.2, 0.25) is 10.0 Å². The van der Waals surface area contributed by atoms with E-state index in [2.05, 4.69) is 5.16 Å². The first-order valence-electron chi connectivity index (χ1n) is 6.59. The van der Waals surface area contributed by atoms with Gasteiger partial charge in [-0.05, 0) is 48.9 Å². The van der Waals surface area contributed by atoms with E-state index < -0.39 is 0 Å². The number of hydrogen-bond acceptors (Lipinski definition) is 4. The second-order valence-electron chi connectivity index (χ2n) is 4.53. The van der Waals surface area contributed by atoms with Gasteiger partial charge in [0.2, 0.25) is 0 Å². The van der Waals surface area contributed by atoms with Gasteiger partial charge in [0, 0.05) is 15.6 Å². The van der Waals surface area contributed by atoms with Crippen molar-refractivity contribution in [1.29, 1.82) is 0 Å². The fourth-order valence-corrected chi connectivity index (χ4v) is 2.13. The van der Waals surface area contributed by atoms with Crippen LogP contribution in [-0.4, -0.2) is 24.6 Å². The molecule has 6 heteroatoms. The smallest absolute Gasteiger partial charge is 0.128 e. The molecule has 1 N–H and O–H groups in total. The van der Waals surface area contributed by atoms with Crippen LogP contribution < -0.4 is 9.47 Å². The van der Waals surface area contributed by atoms with Gasteiger partial charge in [-0.3, -0.25) is 0 Å². The third-order valence-electron chi connectivity index (χ3n) is 2.91. The number of rotatable bonds is 6. The minimum absolute atomic E-state index is 0.343. The Balaban J connectivity index is 1.90. The normalized spacial score (nSPS) is 10.9. The minimum Gasteiger partial charge on any atom is -0.490 e. The predicted octanol–water partition coefficient (Wildman–Crippen LogP) is 4.57. The SMILES string of the molecule is Cc1cc(OCCOc2ccc(Cl)cc2C=NO)ccc1Cl. The molecule has 2 aromatic carbocycles. The summed E-state index contributed by atoms with van der Waals surface area (Å²) < 4.78 is 11.2. The number of hydrogen-bond donors (Lipinski definition) is 1. The summed E-state index contributed by atoms with van der Waals surface area (Å²) in [5.74, 6) is 1.30. The minimum atomic E-state index is 0.343. The highest BCUT2D eigenvalue weighted by atomic mass is 35.5. The molecule has 0 radical (unpaired) electrons. The lowest BCUT2D eigenvalue weighted by Gasteiger charge is -2.11. The second kappa shape index (κ2) is 7.92. The molecule has 0 aliphatic carbocycles. The summed E-state index contributed by atoms with van der Waals surface area (Å²) in [6.45, 7) is 2.63. The van der Waals surface area contributed by atoms with Crippen molar-refractivity contribution in [1.82, 2.24) is 0 Å². The zero-order valence-corrected chi connectivity index (χ0v) is 13.4. The molecule has 0 heterocycles. The molecule has 22 heavy (non-hydrogen) atoms. The number of nitrogens with zero attached hydrogens (tertiary/aromatic N) is 1. The summed E-state index contributed by atoms with van der Waals surface area (Å²) in [6, 6.07) is 10.5. The zero-order chi connectivity index (χ0) is 15.9. The van der Waals surface area contributed by atoms with Gasteiger partial charge in [-0.25, -0.2) is 0 Å². The molecule has 116 valence electrons. The Morgan fingerprint density at radius 2 is 1.86 bits per heavy atom. The van der Waals surface area contributed by atoms with E-state index in [1.165, 1.54) is 6.21 Å². The lowest BCUT2D eigenvalue weighted by atomic mass is 10.2. The Labute approximate surface area is 138 Å². The van der Waals surface area contributed by atoms with Gasteiger partial charge < -0.3 is 14.7 Å². The average molecular weight is 340 g/mol. The third kappa shape index (κ3) is 4.55. The first kappa shape index (κ1) is 16.5. The summed E-state index contributed by atoms with van der Waals surface area (Å²) in [5.41, 5.74) is 1.55. The lowest BCUT2D eigenvalue weighted by molar-refractivity contribution is 0.217. The Morgan fingerprint density at radius 3 is 2.59 bits per heavy atom. The van der Waals surface area contributed by atoms with E-state index in [9.17, 15) is 0 Å². The number of benzene rings is 2. The molecule has 0 aliphatic heterocycles. The summed E-state index contributed by atoms with van der Waals surface area (Å²) in [4.78, 5) is 0. The van der Waals surface area contributed by atoms with E-state index in [1.54, 1.807) is 24.3 Å². The molecule has 0 aromatic heterocycles. The molecule has 0 bridgehead atoms. The third-order valence-corrected chi connectivity index (χ3v) is 3.57. The lowest BCUT2D eigenvalue weighted by Crippen LogP contribution is -2.10. The first-order chi connectivity index (χ1) is 10.6. The molecule has 0 fully saturated rings. The fourth-order valence-electron chi connectivity index (χ4n) is 1.83. The molecule has 0 saturated carbocycles. The van der Waals surface area contributed by atoms with E-state index in [0.717, 1.165) is 11.3 Å². The van der Waals surface area contributed by atoms with E-state index >= 15 is 0 Å². The predicted molar refractivity (Wildman–Crippen MR) is 88.0 cm³/mol. The standard InChI is InChI=1S/C16H15Cl2NO3/c1-11-8-14(3-4-15(11)18)21-6-7-22-16-5-2-13(17)9-12(16)10-19-20/h2-5,8-10,20H,6-7H2,1H3. The number of oxime groups is 1. The van der Waals surface area contributed by atoms with Gasteiger partial charge in [0.1, 0.15) is 24.7 Å². The van der Waals surface area contributed by atoms with Gasteiger partial charge in [-0.2, -0.15) is 0 Å². The van der Waals surface area contributed by atoms with Gasteiger partial charge in [0.15, 0.2) is 0 Å². The van der Waals surface area contributed by atoms with Crippen LogP contribution in [0.3, 0.4) is 0 Å². The number of ether oxygens (including phenoxy) is 2. The highest BCUT2D eigenvalue weighted by Gasteiger charge is 2.04. The summed E-state index contributed by atoms with van der Waals surface area (Å²) in [5, 5.41) is 12.9. The van der Waals surface area contributed by atoms with Crippen LogP contribution in [-0.2, 0) is 0 Å². The van der Waals surface area contributed by atoms with Crippen LogP contribution in [0, 0.1) is 6.92 Å². The molecule has 0 amide bonds. The first-order valence-corrected chi connectivity index (χ1v) is 7.34.